The van der Waals surface area contributed by atoms with Gasteiger partial charge < -0.3 is 15.0 Å². The molecule has 1 aliphatic heterocycles. The number of nitrogens with one attached hydrogen (secondary N) is 1. The van der Waals surface area contributed by atoms with Gasteiger partial charge in [0.2, 0.25) is 0 Å². The molecular formula is C17H26N2O2. The number of hydrogen-bond acceptors (Lipinski definition) is 3. The van der Waals surface area contributed by atoms with E-state index >= 15 is 0 Å². The van der Waals surface area contributed by atoms with E-state index in [1.807, 2.05) is 36.9 Å². The lowest BCUT2D eigenvalue weighted by molar-refractivity contribution is -0.136. The Balaban J connectivity index is 2.29. The zero-order valence-electron chi connectivity index (χ0n) is 13.5. The Labute approximate surface area is 127 Å². The maximum atomic E-state index is 12.7. The molecule has 0 aromatic heterocycles. The van der Waals surface area contributed by atoms with E-state index in [0.717, 1.165) is 31.6 Å². The smallest absolute Gasteiger partial charge is 0.258 e. The molecule has 0 bridgehead atoms. The van der Waals surface area contributed by atoms with Crippen LogP contribution in [-0.2, 0) is 9.53 Å². The van der Waals surface area contributed by atoms with E-state index in [-0.39, 0.29) is 5.91 Å². The molecule has 116 valence electrons. The van der Waals surface area contributed by atoms with E-state index in [9.17, 15) is 4.79 Å². The van der Waals surface area contributed by atoms with Crippen molar-refractivity contribution in [1.82, 2.24) is 5.32 Å². The van der Waals surface area contributed by atoms with Crippen molar-refractivity contribution in [2.75, 3.05) is 25.1 Å². The Morgan fingerprint density at radius 2 is 2.14 bits per heavy atom. The zero-order valence-corrected chi connectivity index (χ0v) is 13.5. The van der Waals surface area contributed by atoms with Crippen LogP contribution in [-0.4, -0.2) is 31.7 Å². The normalized spacial score (nSPS) is 18.5. The maximum absolute atomic E-state index is 12.7. The van der Waals surface area contributed by atoms with Crippen molar-refractivity contribution in [2.24, 2.45) is 0 Å². The monoisotopic (exact) mass is 290 g/mol. The number of nitrogens with zero attached hydrogens (tertiary/aromatic N) is 1. The number of benzene rings is 1. The highest BCUT2D eigenvalue weighted by Gasteiger charge is 2.36. The Bertz CT molecular complexity index is 499. The first-order valence-corrected chi connectivity index (χ1v) is 7.70. The van der Waals surface area contributed by atoms with Gasteiger partial charge in [0.05, 0.1) is 0 Å². The van der Waals surface area contributed by atoms with Gasteiger partial charge in [-0.2, -0.15) is 0 Å². The van der Waals surface area contributed by atoms with Crippen LogP contribution < -0.4 is 10.2 Å². The van der Waals surface area contributed by atoms with Gasteiger partial charge in [-0.25, -0.2) is 0 Å². The summed E-state index contributed by atoms with van der Waals surface area (Å²) in [6.45, 7) is 7.53. The first-order valence-electron chi connectivity index (χ1n) is 7.70. The number of para-hydroxylation sites is 1. The van der Waals surface area contributed by atoms with Gasteiger partial charge in [0.15, 0.2) is 0 Å². The van der Waals surface area contributed by atoms with Crippen LogP contribution in [0.4, 0.5) is 5.69 Å². The molecule has 0 spiro atoms. The molecule has 4 nitrogen and oxygen atoms in total. The molecule has 1 aromatic rings. The minimum atomic E-state index is -0.795. The number of carbonyl (C=O) groups excluding carboxylic acids is 1. The second kappa shape index (κ2) is 6.58. The lowest BCUT2D eigenvalue weighted by atomic mass is 9.94. The molecule has 0 radical (unpaired) electrons. The van der Waals surface area contributed by atoms with Gasteiger partial charge in [0, 0.05) is 25.4 Å². The van der Waals surface area contributed by atoms with Crippen molar-refractivity contribution in [3.8, 4) is 0 Å². The summed E-state index contributed by atoms with van der Waals surface area (Å²) in [6.07, 6.45) is 2.04. The molecule has 0 saturated carbocycles. The average Bonchev–Trinajstić information content (AvgIpc) is 2.51. The van der Waals surface area contributed by atoms with E-state index in [1.165, 1.54) is 5.56 Å². The first-order chi connectivity index (χ1) is 10.0. The molecule has 0 saturated heterocycles. The predicted molar refractivity (Wildman–Crippen MR) is 85.5 cm³/mol. The molecule has 1 N–H and O–H groups in total. The fraction of sp³-hybridized carbons (Fsp3) is 0.588. The van der Waals surface area contributed by atoms with E-state index in [0.29, 0.717) is 6.04 Å². The van der Waals surface area contributed by atoms with Crippen LogP contribution in [0.15, 0.2) is 24.3 Å². The van der Waals surface area contributed by atoms with Crippen molar-refractivity contribution >= 4 is 11.6 Å². The number of carbonyl (C=O) groups is 1. The summed E-state index contributed by atoms with van der Waals surface area (Å²) in [5, 5.41) is 3.57. The molecular weight excluding hydrogens is 264 g/mol. The summed E-state index contributed by atoms with van der Waals surface area (Å²) in [6, 6.07) is 8.49. The van der Waals surface area contributed by atoms with Crippen molar-refractivity contribution in [2.45, 2.75) is 45.3 Å². The van der Waals surface area contributed by atoms with Crippen LogP contribution in [0.2, 0.25) is 0 Å². The molecule has 1 amide bonds. The Kier molecular flexibility index (Phi) is 5.01. The fourth-order valence-electron chi connectivity index (χ4n) is 2.72. The van der Waals surface area contributed by atoms with Crippen molar-refractivity contribution in [3.05, 3.63) is 29.8 Å². The highest BCUT2D eigenvalue weighted by molar-refractivity contribution is 6.00. The van der Waals surface area contributed by atoms with E-state index in [1.54, 1.807) is 7.11 Å². The second-order valence-corrected chi connectivity index (χ2v) is 6.03. The molecule has 0 aliphatic carbocycles. The summed E-state index contributed by atoms with van der Waals surface area (Å²) in [5.74, 6) is 0.0198. The van der Waals surface area contributed by atoms with Gasteiger partial charge >= 0.3 is 0 Å². The van der Waals surface area contributed by atoms with Crippen LogP contribution in [0.5, 0.6) is 0 Å². The van der Waals surface area contributed by atoms with Crippen molar-refractivity contribution < 1.29 is 9.53 Å². The van der Waals surface area contributed by atoms with Gasteiger partial charge in [0.25, 0.3) is 5.91 Å². The molecule has 1 atom stereocenters. The van der Waals surface area contributed by atoms with E-state index in [4.69, 9.17) is 4.74 Å². The van der Waals surface area contributed by atoms with Crippen LogP contribution in [0.3, 0.4) is 0 Å². The largest absolute Gasteiger partial charge is 0.369 e. The molecule has 2 rings (SSSR count). The van der Waals surface area contributed by atoms with Gasteiger partial charge in [-0.15, -0.1) is 0 Å². The molecule has 0 fully saturated rings. The zero-order chi connectivity index (χ0) is 15.5. The number of methoxy groups -OCH3 is 1. The number of hydrogen-bond donors (Lipinski definition) is 1. The highest BCUT2D eigenvalue weighted by Crippen LogP contribution is 2.35. The van der Waals surface area contributed by atoms with Gasteiger partial charge in [0.1, 0.15) is 5.60 Å². The topological polar surface area (TPSA) is 41.6 Å². The number of fused-ring (bicyclic) bond motifs is 1. The summed E-state index contributed by atoms with van der Waals surface area (Å²) in [4.78, 5) is 14.6. The summed E-state index contributed by atoms with van der Waals surface area (Å²) >= 11 is 0. The SMILES string of the molecule is CCCNC1CCN(C(=O)C(C)(C)OC)c2ccccc21. The number of ether oxygens (including phenoxy) is 1. The maximum Gasteiger partial charge on any atom is 0.258 e. The summed E-state index contributed by atoms with van der Waals surface area (Å²) in [7, 11) is 1.58. The van der Waals surface area contributed by atoms with Crippen LogP contribution in [0.25, 0.3) is 0 Å². The number of anilines is 1. The van der Waals surface area contributed by atoms with Gasteiger partial charge in [-0.05, 0) is 44.9 Å². The Morgan fingerprint density at radius 3 is 2.81 bits per heavy atom. The summed E-state index contributed by atoms with van der Waals surface area (Å²) < 4.78 is 5.35. The molecule has 1 heterocycles. The van der Waals surface area contributed by atoms with Gasteiger partial charge in [-0.3, -0.25) is 4.79 Å². The molecule has 1 unspecified atom stereocenters. The first kappa shape index (κ1) is 16.0. The molecule has 21 heavy (non-hydrogen) atoms. The lowest BCUT2D eigenvalue weighted by Gasteiger charge is -2.38. The Hall–Kier alpha value is -1.39. The van der Waals surface area contributed by atoms with Crippen molar-refractivity contribution in [3.63, 3.8) is 0 Å². The third-order valence-corrected chi connectivity index (χ3v) is 4.16. The molecule has 1 aliphatic rings. The van der Waals surface area contributed by atoms with E-state index < -0.39 is 5.60 Å². The van der Waals surface area contributed by atoms with E-state index in [2.05, 4.69) is 18.3 Å². The predicted octanol–water partition coefficient (Wildman–Crippen LogP) is 2.89. The fourth-order valence-corrected chi connectivity index (χ4v) is 2.72. The minimum Gasteiger partial charge on any atom is -0.369 e. The number of amides is 1. The average molecular weight is 290 g/mol. The van der Waals surface area contributed by atoms with Gasteiger partial charge in [-0.1, -0.05) is 25.1 Å². The third kappa shape index (κ3) is 3.27. The standard InChI is InChI=1S/C17H26N2O2/c1-5-11-18-14-10-12-19(16(20)17(2,3)21-4)15-9-7-6-8-13(14)15/h6-9,14,18H,5,10-12H2,1-4H3. The van der Waals surface area contributed by atoms with Crippen LogP contribution in [0, 0.1) is 0 Å². The quantitative estimate of drug-likeness (QED) is 0.906. The van der Waals surface area contributed by atoms with Crippen molar-refractivity contribution in [1.29, 1.82) is 0 Å². The minimum absolute atomic E-state index is 0.0198. The van der Waals surface area contributed by atoms with Crippen LogP contribution >= 0.6 is 0 Å². The summed E-state index contributed by atoms with van der Waals surface area (Å²) in [5.41, 5.74) is 1.42. The Morgan fingerprint density at radius 1 is 1.43 bits per heavy atom. The highest BCUT2D eigenvalue weighted by atomic mass is 16.5. The molecule has 1 aromatic carbocycles. The molecule has 4 heteroatoms. The number of rotatable bonds is 5. The lowest BCUT2D eigenvalue weighted by Crippen LogP contribution is -2.49. The van der Waals surface area contributed by atoms with Crippen LogP contribution in [0.1, 0.15) is 45.2 Å². The third-order valence-electron chi connectivity index (χ3n) is 4.16. The second-order valence-electron chi connectivity index (χ2n) is 6.03.